The Balaban J connectivity index is 1.65. The minimum atomic E-state index is -0.178. The molecule has 2 aromatic carbocycles. The van der Waals surface area contributed by atoms with Gasteiger partial charge in [0.05, 0.1) is 6.10 Å². The van der Waals surface area contributed by atoms with Crippen LogP contribution in [-0.2, 0) is 13.2 Å². The van der Waals surface area contributed by atoms with E-state index in [1.165, 1.54) is 11.1 Å². The van der Waals surface area contributed by atoms with Gasteiger partial charge in [-0.15, -0.1) is 0 Å². The van der Waals surface area contributed by atoms with E-state index in [0.29, 0.717) is 6.61 Å². The van der Waals surface area contributed by atoms with Crippen molar-refractivity contribution in [2.45, 2.75) is 25.7 Å². The quantitative estimate of drug-likeness (QED) is 0.916. The molecule has 0 amide bonds. The first-order valence-corrected chi connectivity index (χ1v) is 7.46. The Kier molecular flexibility index (Phi) is 4.53. The zero-order chi connectivity index (χ0) is 14.5. The van der Waals surface area contributed by atoms with Crippen LogP contribution >= 0.6 is 0 Å². The van der Waals surface area contributed by atoms with E-state index in [2.05, 4.69) is 23.1 Å². The predicted octanol–water partition coefficient (Wildman–Crippen LogP) is 2.83. The molecule has 1 saturated heterocycles. The van der Waals surface area contributed by atoms with Crippen molar-refractivity contribution in [2.24, 2.45) is 0 Å². The number of rotatable bonds is 5. The van der Waals surface area contributed by atoms with E-state index in [1.54, 1.807) is 0 Å². The van der Waals surface area contributed by atoms with Crippen LogP contribution in [-0.4, -0.2) is 29.2 Å². The largest absolute Gasteiger partial charge is 0.489 e. The molecule has 3 heteroatoms. The molecule has 1 heterocycles. The molecule has 3 rings (SSSR count). The van der Waals surface area contributed by atoms with Crippen LogP contribution in [0.3, 0.4) is 0 Å². The summed E-state index contributed by atoms with van der Waals surface area (Å²) in [5, 5.41) is 9.63. The summed E-state index contributed by atoms with van der Waals surface area (Å²) in [7, 11) is 0. The molecule has 0 spiro atoms. The van der Waals surface area contributed by atoms with Gasteiger partial charge in [0.25, 0.3) is 0 Å². The summed E-state index contributed by atoms with van der Waals surface area (Å²) in [4.78, 5) is 2.27. The van der Waals surface area contributed by atoms with Crippen molar-refractivity contribution in [1.82, 2.24) is 4.90 Å². The van der Waals surface area contributed by atoms with Crippen LogP contribution in [0.5, 0.6) is 5.75 Å². The Hall–Kier alpha value is -1.84. The standard InChI is InChI=1S/C18H21NO2/c20-17-10-11-19(13-17)12-16-8-4-5-9-18(16)21-14-15-6-2-1-3-7-15/h1-9,17,20H,10-14H2/t17-/m1/s1. The number of likely N-dealkylation sites (tertiary alicyclic amines) is 1. The number of benzene rings is 2. The third-order valence-electron chi connectivity index (χ3n) is 3.85. The highest BCUT2D eigenvalue weighted by Gasteiger charge is 2.20. The lowest BCUT2D eigenvalue weighted by Crippen LogP contribution is -2.21. The monoisotopic (exact) mass is 283 g/mol. The van der Waals surface area contributed by atoms with Gasteiger partial charge in [0, 0.05) is 25.2 Å². The number of ether oxygens (including phenoxy) is 1. The van der Waals surface area contributed by atoms with Crippen molar-refractivity contribution < 1.29 is 9.84 Å². The van der Waals surface area contributed by atoms with Crippen LogP contribution < -0.4 is 4.74 Å². The number of hydrogen-bond acceptors (Lipinski definition) is 3. The van der Waals surface area contributed by atoms with Gasteiger partial charge in [-0.05, 0) is 18.1 Å². The first kappa shape index (κ1) is 14.1. The zero-order valence-electron chi connectivity index (χ0n) is 12.1. The fourth-order valence-electron chi connectivity index (χ4n) is 2.71. The highest BCUT2D eigenvalue weighted by molar-refractivity contribution is 5.33. The Morgan fingerprint density at radius 3 is 2.57 bits per heavy atom. The molecule has 2 aromatic rings. The molecular weight excluding hydrogens is 262 g/mol. The van der Waals surface area contributed by atoms with E-state index in [9.17, 15) is 5.11 Å². The normalized spacial score (nSPS) is 18.8. The number of β-amino-alcohol motifs (C(OH)–C–C–N with tert-alkyl or cyclic N) is 1. The van der Waals surface area contributed by atoms with Gasteiger partial charge in [-0.2, -0.15) is 0 Å². The number of hydrogen-bond donors (Lipinski definition) is 1. The smallest absolute Gasteiger partial charge is 0.124 e. The Bertz CT molecular complexity index is 570. The lowest BCUT2D eigenvalue weighted by atomic mass is 10.2. The van der Waals surface area contributed by atoms with Crippen molar-refractivity contribution in [2.75, 3.05) is 13.1 Å². The molecule has 0 bridgehead atoms. The molecule has 1 aliphatic heterocycles. The third kappa shape index (κ3) is 3.84. The van der Waals surface area contributed by atoms with Crippen molar-refractivity contribution in [3.8, 4) is 5.75 Å². The minimum absolute atomic E-state index is 0.178. The summed E-state index contributed by atoms with van der Waals surface area (Å²) in [6.45, 7) is 3.13. The lowest BCUT2D eigenvalue weighted by molar-refractivity contribution is 0.174. The first-order valence-electron chi connectivity index (χ1n) is 7.46. The molecule has 21 heavy (non-hydrogen) atoms. The summed E-state index contributed by atoms with van der Waals surface area (Å²) in [5.41, 5.74) is 2.35. The van der Waals surface area contributed by atoms with Gasteiger partial charge in [0.15, 0.2) is 0 Å². The number of aliphatic hydroxyl groups excluding tert-OH is 1. The summed E-state index contributed by atoms with van der Waals surface area (Å²) in [6.07, 6.45) is 0.690. The fourth-order valence-corrected chi connectivity index (χ4v) is 2.71. The van der Waals surface area contributed by atoms with Crippen LogP contribution in [0.1, 0.15) is 17.5 Å². The highest BCUT2D eigenvalue weighted by Crippen LogP contribution is 2.23. The molecule has 3 nitrogen and oxygen atoms in total. The van der Waals surface area contributed by atoms with Crippen LogP contribution in [0.2, 0.25) is 0 Å². The van der Waals surface area contributed by atoms with E-state index in [1.807, 2.05) is 36.4 Å². The van der Waals surface area contributed by atoms with Crippen LogP contribution in [0.25, 0.3) is 0 Å². The summed E-state index contributed by atoms with van der Waals surface area (Å²) >= 11 is 0. The minimum Gasteiger partial charge on any atom is -0.489 e. The zero-order valence-corrected chi connectivity index (χ0v) is 12.1. The maximum atomic E-state index is 9.63. The van der Waals surface area contributed by atoms with Gasteiger partial charge in [-0.3, -0.25) is 4.90 Å². The molecular formula is C18H21NO2. The SMILES string of the molecule is O[C@@H]1CCN(Cc2ccccc2OCc2ccccc2)C1. The van der Waals surface area contributed by atoms with Gasteiger partial charge in [0.1, 0.15) is 12.4 Å². The average Bonchev–Trinajstić information content (AvgIpc) is 2.93. The van der Waals surface area contributed by atoms with E-state index in [4.69, 9.17) is 4.74 Å². The van der Waals surface area contributed by atoms with E-state index >= 15 is 0 Å². The van der Waals surface area contributed by atoms with Crippen molar-refractivity contribution >= 4 is 0 Å². The molecule has 0 saturated carbocycles. The topological polar surface area (TPSA) is 32.7 Å². The molecule has 0 aromatic heterocycles. The number of aliphatic hydroxyl groups is 1. The van der Waals surface area contributed by atoms with Crippen molar-refractivity contribution in [3.63, 3.8) is 0 Å². The number of nitrogens with zero attached hydrogens (tertiary/aromatic N) is 1. The fraction of sp³-hybridized carbons (Fsp3) is 0.333. The molecule has 1 fully saturated rings. The van der Waals surface area contributed by atoms with Gasteiger partial charge in [0.2, 0.25) is 0 Å². The molecule has 0 aliphatic carbocycles. The second-order valence-corrected chi connectivity index (χ2v) is 5.56. The summed E-state index contributed by atoms with van der Waals surface area (Å²) in [5.74, 6) is 0.933. The van der Waals surface area contributed by atoms with E-state index in [-0.39, 0.29) is 6.10 Å². The second kappa shape index (κ2) is 6.74. The van der Waals surface area contributed by atoms with E-state index in [0.717, 1.165) is 31.8 Å². The van der Waals surface area contributed by atoms with Crippen molar-refractivity contribution in [3.05, 3.63) is 65.7 Å². The second-order valence-electron chi connectivity index (χ2n) is 5.56. The van der Waals surface area contributed by atoms with Gasteiger partial charge < -0.3 is 9.84 Å². The predicted molar refractivity (Wildman–Crippen MR) is 83.1 cm³/mol. The Morgan fingerprint density at radius 2 is 1.81 bits per heavy atom. The molecule has 1 N–H and O–H groups in total. The first-order chi connectivity index (χ1) is 10.3. The highest BCUT2D eigenvalue weighted by atomic mass is 16.5. The Morgan fingerprint density at radius 1 is 1.05 bits per heavy atom. The maximum absolute atomic E-state index is 9.63. The molecule has 1 atom stereocenters. The number of para-hydroxylation sites is 1. The summed E-state index contributed by atoms with van der Waals surface area (Å²) < 4.78 is 5.97. The molecule has 0 radical (unpaired) electrons. The van der Waals surface area contributed by atoms with Crippen molar-refractivity contribution in [1.29, 1.82) is 0 Å². The van der Waals surface area contributed by atoms with Crippen LogP contribution in [0.4, 0.5) is 0 Å². The summed E-state index contributed by atoms with van der Waals surface area (Å²) in [6, 6.07) is 18.4. The van der Waals surface area contributed by atoms with Crippen LogP contribution in [0, 0.1) is 0 Å². The Labute approximate surface area is 125 Å². The lowest BCUT2D eigenvalue weighted by Gasteiger charge is -2.18. The molecule has 110 valence electrons. The third-order valence-corrected chi connectivity index (χ3v) is 3.85. The van der Waals surface area contributed by atoms with Gasteiger partial charge in [-0.25, -0.2) is 0 Å². The molecule has 0 unspecified atom stereocenters. The maximum Gasteiger partial charge on any atom is 0.124 e. The molecule has 1 aliphatic rings. The van der Waals surface area contributed by atoms with Gasteiger partial charge in [-0.1, -0.05) is 48.5 Å². The van der Waals surface area contributed by atoms with Crippen LogP contribution in [0.15, 0.2) is 54.6 Å². The van der Waals surface area contributed by atoms with Gasteiger partial charge >= 0.3 is 0 Å². The van der Waals surface area contributed by atoms with E-state index < -0.39 is 0 Å². The average molecular weight is 283 g/mol.